The first-order valence-electron chi connectivity index (χ1n) is 7.15. The number of furan rings is 1. The van der Waals surface area contributed by atoms with Gasteiger partial charge in [0.15, 0.2) is 4.67 Å². The van der Waals surface area contributed by atoms with Gasteiger partial charge in [0.05, 0.1) is 12.5 Å². The minimum Gasteiger partial charge on any atom is -0.496 e. The SMILES string of the molecule is COc1cc(C(=O)N2CCC(C)CC2)cc2oc(Br)cc12. The van der Waals surface area contributed by atoms with Gasteiger partial charge in [0.2, 0.25) is 0 Å². The highest BCUT2D eigenvalue weighted by Gasteiger charge is 2.23. The van der Waals surface area contributed by atoms with E-state index >= 15 is 0 Å². The van der Waals surface area contributed by atoms with Crippen molar-refractivity contribution in [3.05, 3.63) is 28.4 Å². The van der Waals surface area contributed by atoms with Crippen molar-refractivity contribution in [2.24, 2.45) is 5.92 Å². The van der Waals surface area contributed by atoms with Crippen LogP contribution in [0.1, 0.15) is 30.1 Å². The van der Waals surface area contributed by atoms with Crippen molar-refractivity contribution in [1.82, 2.24) is 4.90 Å². The van der Waals surface area contributed by atoms with Crippen LogP contribution in [0.15, 0.2) is 27.3 Å². The third kappa shape index (κ3) is 2.79. The molecule has 0 radical (unpaired) electrons. The summed E-state index contributed by atoms with van der Waals surface area (Å²) in [5.41, 5.74) is 1.28. The Morgan fingerprint density at radius 1 is 1.33 bits per heavy atom. The molecule has 1 aromatic heterocycles. The molecular weight excluding hydrogens is 334 g/mol. The molecule has 0 bridgehead atoms. The Kier molecular flexibility index (Phi) is 3.93. The van der Waals surface area contributed by atoms with Crippen molar-refractivity contribution in [2.45, 2.75) is 19.8 Å². The topological polar surface area (TPSA) is 42.7 Å². The molecule has 2 aromatic rings. The summed E-state index contributed by atoms with van der Waals surface area (Å²) in [5.74, 6) is 1.41. The van der Waals surface area contributed by atoms with E-state index in [1.54, 1.807) is 19.2 Å². The summed E-state index contributed by atoms with van der Waals surface area (Å²) in [6.07, 6.45) is 2.13. The summed E-state index contributed by atoms with van der Waals surface area (Å²) >= 11 is 3.32. The fraction of sp³-hybridized carbons (Fsp3) is 0.438. The number of nitrogens with zero attached hydrogens (tertiary/aromatic N) is 1. The number of ether oxygens (including phenoxy) is 1. The number of fused-ring (bicyclic) bond motifs is 1. The van der Waals surface area contributed by atoms with Gasteiger partial charge in [-0.15, -0.1) is 0 Å². The second kappa shape index (κ2) is 5.72. The summed E-state index contributed by atoms with van der Waals surface area (Å²) in [4.78, 5) is 14.6. The molecule has 1 amide bonds. The van der Waals surface area contributed by atoms with E-state index in [2.05, 4.69) is 22.9 Å². The van der Waals surface area contributed by atoms with E-state index in [4.69, 9.17) is 9.15 Å². The monoisotopic (exact) mass is 351 g/mol. The molecule has 3 rings (SSSR count). The lowest BCUT2D eigenvalue weighted by Gasteiger charge is -2.30. The highest BCUT2D eigenvalue weighted by atomic mass is 79.9. The van der Waals surface area contributed by atoms with Gasteiger partial charge < -0.3 is 14.1 Å². The summed E-state index contributed by atoms with van der Waals surface area (Å²) in [6, 6.07) is 5.44. The molecule has 1 saturated heterocycles. The van der Waals surface area contributed by atoms with E-state index in [9.17, 15) is 4.79 Å². The molecule has 0 N–H and O–H groups in total. The molecule has 5 heteroatoms. The maximum absolute atomic E-state index is 12.6. The largest absolute Gasteiger partial charge is 0.496 e. The summed E-state index contributed by atoms with van der Waals surface area (Å²) in [5, 5.41) is 0.869. The normalized spacial score (nSPS) is 16.4. The summed E-state index contributed by atoms with van der Waals surface area (Å²) < 4.78 is 11.6. The highest BCUT2D eigenvalue weighted by molar-refractivity contribution is 9.10. The molecule has 1 aliphatic heterocycles. The van der Waals surface area contributed by atoms with Crippen LogP contribution in [0, 0.1) is 5.92 Å². The molecule has 1 fully saturated rings. The summed E-state index contributed by atoms with van der Waals surface area (Å²) in [6.45, 7) is 3.88. The van der Waals surface area contributed by atoms with Crippen molar-refractivity contribution in [3.8, 4) is 5.75 Å². The highest BCUT2D eigenvalue weighted by Crippen LogP contribution is 2.33. The van der Waals surface area contributed by atoms with Gasteiger partial charge in [0.1, 0.15) is 11.3 Å². The van der Waals surface area contributed by atoms with Gasteiger partial charge in [0, 0.05) is 24.7 Å². The number of amides is 1. The number of likely N-dealkylation sites (tertiary alicyclic amines) is 1. The zero-order chi connectivity index (χ0) is 15.0. The van der Waals surface area contributed by atoms with Crippen LogP contribution in [-0.4, -0.2) is 31.0 Å². The van der Waals surface area contributed by atoms with Crippen LogP contribution in [0.2, 0.25) is 0 Å². The first-order valence-corrected chi connectivity index (χ1v) is 7.94. The quantitative estimate of drug-likeness (QED) is 0.818. The first kappa shape index (κ1) is 14.4. The van der Waals surface area contributed by atoms with Crippen molar-refractivity contribution < 1.29 is 13.9 Å². The Bertz CT molecular complexity index is 671. The zero-order valence-corrected chi connectivity index (χ0v) is 13.8. The molecule has 1 aromatic carbocycles. The number of rotatable bonds is 2. The summed E-state index contributed by atoms with van der Waals surface area (Å²) in [7, 11) is 1.60. The van der Waals surface area contributed by atoms with Crippen LogP contribution in [0.4, 0.5) is 0 Å². The molecule has 0 spiro atoms. The smallest absolute Gasteiger partial charge is 0.254 e. The zero-order valence-electron chi connectivity index (χ0n) is 12.2. The number of hydrogen-bond donors (Lipinski definition) is 0. The molecule has 0 atom stereocenters. The van der Waals surface area contributed by atoms with Crippen molar-refractivity contribution >= 4 is 32.8 Å². The maximum atomic E-state index is 12.6. The second-order valence-electron chi connectivity index (χ2n) is 5.62. The standard InChI is InChI=1S/C16H18BrNO3/c1-10-3-5-18(6-4-10)16(19)11-7-13(20-2)12-9-15(17)21-14(12)8-11/h7-10H,3-6H2,1-2H3. The van der Waals surface area contributed by atoms with Crippen LogP contribution < -0.4 is 4.74 Å². The first-order chi connectivity index (χ1) is 10.1. The Morgan fingerprint density at radius 2 is 2.05 bits per heavy atom. The molecule has 0 saturated carbocycles. The van der Waals surface area contributed by atoms with E-state index in [0.717, 1.165) is 31.3 Å². The molecule has 112 valence electrons. The van der Waals surface area contributed by atoms with Crippen LogP contribution in [-0.2, 0) is 0 Å². The van der Waals surface area contributed by atoms with Gasteiger partial charge in [-0.2, -0.15) is 0 Å². The van der Waals surface area contributed by atoms with E-state index < -0.39 is 0 Å². The Hall–Kier alpha value is -1.49. The number of carbonyl (C=O) groups is 1. The molecular formula is C16H18BrNO3. The fourth-order valence-electron chi connectivity index (χ4n) is 2.76. The molecule has 2 heterocycles. The number of benzene rings is 1. The van der Waals surface area contributed by atoms with Gasteiger partial charge in [-0.05, 0) is 46.8 Å². The van der Waals surface area contributed by atoms with E-state index in [1.165, 1.54) is 0 Å². The van der Waals surface area contributed by atoms with Gasteiger partial charge in [-0.3, -0.25) is 4.79 Å². The average molecular weight is 352 g/mol. The van der Waals surface area contributed by atoms with Crippen molar-refractivity contribution in [1.29, 1.82) is 0 Å². The lowest BCUT2D eigenvalue weighted by molar-refractivity contribution is 0.0697. The number of halogens is 1. The predicted molar refractivity (Wildman–Crippen MR) is 84.8 cm³/mol. The second-order valence-corrected chi connectivity index (χ2v) is 6.40. The Balaban J connectivity index is 1.94. The van der Waals surface area contributed by atoms with Crippen LogP contribution in [0.25, 0.3) is 11.0 Å². The molecule has 0 aliphatic carbocycles. The average Bonchev–Trinajstić information content (AvgIpc) is 2.86. The van der Waals surface area contributed by atoms with E-state index in [0.29, 0.717) is 27.5 Å². The molecule has 4 nitrogen and oxygen atoms in total. The van der Waals surface area contributed by atoms with Crippen LogP contribution in [0.3, 0.4) is 0 Å². The molecule has 0 unspecified atom stereocenters. The predicted octanol–water partition coefficient (Wildman–Crippen LogP) is 4.08. The van der Waals surface area contributed by atoms with Crippen LogP contribution >= 0.6 is 15.9 Å². The van der Waals surface area contributed by atoms with Gasteiger partial charge >= 0.3 is 0 Å². The number of carbonyl (C=O) groups excluding carboxylic acids is 1. The Morgan fingerprint density at radius 3 is 2.71 bits per heavy atom. The number of methoxy groups -OCH3 is 1. The fourth-order valence-corrected chi connectivity index (χ4v) is 3.17. The van der Waals surface area contributed by atoms with E-state index in [1.807, 2.05) is 11.0 Å². The van der Waals surface area contributed by atoms with E-state index in [-0.39, 0.29) is 5.91 Å². The maximum Gasteiger partial charge on any atom is 0.254 e. The van der Waals surface area contributed by atoms with Crippen molar-refractivity contribution in [3.63, 3.8) is 0 Å². The molecule has 1 aliphatic rings. The minimum absolute atomic E-state index is 0.0506. The third-order valence-electron chi connectivity index (χ3n) is 4.11. The van der Waals surface area contributed by atoms with Gasteiger partial charge in [0.25, 0.3) is 5.91 Å². The number of hydrogen-bond acceptors (Lipinski definition) is 3. The van der Waals surface area contributed by atoms with Crippen LogP contribution in [0.5, 0.6) is 5.75 Å². The third-order valence-corrected chi connectivity index (χ3v) is 4.50. The van der Waals surface area contributed by atoms with Gasteiger partial charge in [-0.1, -0.05) is 6.92 Å². The number of piperidine rings is 1. The molecule has 21 heavy (non-hydrogen) atoms. The Labute approximate surface area is 132 Å². The minimum atomic E-state index is 0.0506. The lowest BCUT2D eigenvalue weighted by atomic mass is 9.98. The van der Waals surface area contributed by atoms with Gasteiger partial charge in [-0.25, -0.2) is 0 Å². The lowest BCUT2D eigenvalue weighted by Crippen LogP contribution is -2.37. The van der Waals surface area contributed by atoms with Crippen molar-refractivity contribution in [2.75, 3.05) is 20.2 Å².